The van der Waals surface area contributed by atoms with Gasteiger partial charge in [0.25, 0.3) is 0 Å². The van der Waals surface area contributed by atoms with Crippen LogP contribution in [0, 0.1) is 46.3 Å². The monoisotopic (exact) mass is 345 g/mol. The van der Waals surface area contributed by atoms with Gasteiger partial charge in [-0.15, -0.1) is 0 Å². The summed E-state index contributed by atoms with van der Waals surface area (Å²) >= 11 is 0. The quantitative estimate of drug-likeness (QED) is 0.628. The van der Waals surface area contributed by atoms with Crippen LogP contribution in [-0.4, -0.2) is 6.04 Å². The first-order valence-corrected chi connectivity index (χ1v) is 11.7. The molecule has 0 heterocycles. The van der Waals surface area contributed by atoms with E-state index >= 15 is 0 Å². The Morgan fingerprint density at radius 1 is 0.920 bits per heavy atom. The van der Waals surface area contributed by atoms with E-state index in [0.29, 0.717) is 16.9 Å². The van der Waals surface area contributed by atoms with Gasteiger partial charge in [-0.05, 0) is 104 Å². The highest BCUT2D eigenvalue weighted by atomic mass is 14.7. The summed E-state index contributed by atoms with van der Waals surface area (Å²) in [5.74, 6) is 5.95. The Balaban J connectivity index is 1.56. The largest absolute Gasteiger partial charge is 0.328 e. The molecule has 0 radical (unpaired) electrons. The number of fused-ring (bicyclic) bond motifs is 5. The predicted molar refractivity (Wildman–Crippen MR) is 107 cm³/mol. The fourth-order valence-corrected chi connectivity index (χ4v) is 8.92. The second kappa shape index (κ2) is 6.54. The first kappa shape index (κ1) is 18.3. The highest BCUT2D eigenvalue weighted by Crippen LogP contribution is 2.68. The van der Waals surface area contributed by atoms with Crippen molar-refractivity contribution in [2.45, 2.75) is 104 Å². The first-order chi connectivity index (χ1) is 11.9. The topological polar surface area (TPSA) is 26.0 Å². The molecule has 4 aliphatic rings. The van der Waals surface area contributed by atoms with Crippen molar-refractivity contribution in [1.82, 2.24) is 0 Å². The van der Waals surface area contributed by atoms with Gasteiger partial charge < -0.3 is 5.73 Å². The standard InChI is InChI=1S/C24H43N/c1-5-6-16(2)20-9-10-21-19-8-7-17-15-18(25)11-13-23(17,3)22(19)12-14-24(20,21)4/h16-22H,5-15,25H2,1-4H3/t16-,17-,18+,19+,20-,21+,22+,23+,24-/m1/s1. The molecule has 0 bridgehead atoms. The lowest BCUT2D eigenvalue weighted by atomic mass is 9.44. The van der Waals surface area contributed by atoms with Gasteiger partial charge in [0.1, 0.15) is 0 Å². The number of rotatable bonds is 3. The zero-order valence-electron chi connectivity index (χ0n) is 17.4. The van der Waals surface area contributed by atoms with E-state index in [9.17, 15) is 0 Å². The lowest BCUT2D eigenvalue weighted by Gasteiger charge is -2.61. The SMILES string of the molecule is CCC[C@@H](C)[C@H]1CC[C@H]2[C@@H]3CC[C@@H]4C[C@@H](N)CC[C@]4(C)[C@H]3CC[C@]12C. The third-order valence-electron chi connectivity index (χ3n) is 10.2. The van der Waals surface area contributed by atoms with Crippen LogP contribution in [0.4, 0.5) is 0 Å². The second-order valence-corrected chi connectivity index (χ2v) is 11.2. The molecule has 2 N–H and O–H groups in total. The van der Waals surface area contributed by atoms with Gasteiger partial charge in [-0.1, -0.05) is 40.5 Å². The van der Waals surface area contributed by atoms with E-state index in [1.54, 1.807) is 0 Å². The van der Waals surface area contributed by atoms with Crippen molar-refractivity contribution in [3.8, 4) is 0 Å². The van der Waals surface area contributed by atoms with E-state index in [0.717, 1.165) is 35.5 Å². The Labute approximate surface area is 156 Å². The molecule has 0 saturated heterocycles. The molecule has 4 rings (SSSR count). The maximum atomic E-state index is 6.36. The van der Waals surface area contributed by atoms with Gasteiger partial charge in [0.05, 0.1) is 0 Å². The molecule has 4 saturated carbocycles. The molecule has 0 aromatic rings. The van der Waals surface area contributed by atoms with Crippen LogP contribution in [0.15, 0.2) is 0 Å². The van der Waals surface area contributed by atoms with Crippen LogP contribution in [0.3, 0.4) is 0 Å². The van der Waals surface area contributed by atoms with Crippen molar-refractivity contribution in [2.24, 2.45) is 52.1 Å². The predicted octanol–water partition coefficient (Wildman–Crippen LogP) is 6.41. The van der Waals surface area contributed by atoms with E-state index in [2.05, 4.69) is 27.7 Å². The molecule has 0 spiro atoms. The first-order valence-electron chi connectivity index (χ1n) is 11.7. The maximum Gasteiger partial charge on any atom is 0.00418 e. The van der Waals surface area contributed by atoms with Crippen molar-refractivity contribution >= 4 is 0 Å². The molecule has 0 unspecified atom stereocenters. The number of hydrogen-bond donors (Lipinski definition) is 1. The van der Waals surface area contributed by atoms with E-state index < -0.39 is 0 Å². The molecule has 0 amide bonds. The molecule has 1 nitrogen and oxygen atoms in total. The maximum absolute atomic E-state index is 6.36. The lowest BCUT2D eigenvalue weighted by Crippen LogP contribution is -2.54. The van der Waals surface area contributed by atoms with E-state index in [1.165, 1.54) is 70.6 Å². The average Bonchev–Trinajstić information content (AvgIpc) is 2.93. The normalized spacial score (nSPS) is 53.6. The van der Waals surface area contributed by atoms with Crippen LogP contribution in [0.1, 0.15) is 98.3 Å². The van der Waals surface area contributed by atoms with Gasteiger partial charge in [0.2, 0.25) is 0 Å². The molecule has 0 aromatic carbocycles. The minimum absolute atomic E-state index is 0.495. The van der Waals surface area contributed by atoms with Crippen molar-refractivity contribution in [1.29, 1.82) is 0 Å². The fraction of sp³-hybridized carbons (Fsp3) is 1.00. The molecular weight excluding hydrogens is 302 g/mol. The Bertz CT molecular complexity index is 486. The molecule has 9 atom stereocenters. The van der Waals surface area contributed by atoms with E-state index in [-0.39, 0.29) is 0 Å². The third kappa shape index (κ3) is 2.74. The van der Waals surface area contributed by atoms with Crippen molar-refractivity contribution < 1.29 is 0 Å². The highest BCUT2D eigenvalue weighted by Gasteiger charge is 2.60. The summed E-state index contributed by atoms with van der Waals surface area (Å²) in [5.41, 5.74) is 7.63. The van der Waals surface area contributed by atoms with E-state index in [4.69, 9.17) is 5.73 Å². The zero-order chi connectivity index (χ0) is 17.8. The van der Waals surface area contributed by atoms with Crippen LogP contribution in [-0.2, 0) is 0 Å². The molecule has 0 aliphatic heterocycles. The highest BCUT2D eigenvalue weighted by molar-refractivity contribution is 5.09. The second-order valence-electron chi connectivity index (χ2n) is 11.2. The molecule has 4 fully saturated rings. The summed E-state index contributed by atoms with van der Waals surface area (Å²) in [5, 5.41) is 0. The van der Waals surface area contributed by atoms with Gasteiger partial charge in [-0.3, -0.25) is 0 Å². The van der Waals surface area contributed by atoms with Crippen molar-refractivity contribution in [3.63, 3.8) is 0 Å². The Morgan fingerprint density at radius 3 is 2.40 bits per heavy atom. The van der Waals surface area contributed by atoms with Crippen LogP contribution in [0.5, 0.6) is 0 Å². The smallest absolute Gasteiger partial charge is 0.00418 e. The summed E-state index contributed by atoms with van der Waals surface area (Å²) in [7, 11) is 0. The van der Waals surface area contributed by atoms with Crippen LogP contribution < -0.4 is 5.73 Å². The number of nitrogens with two attached hydrogens (primary N) is 1. The van der Waals surface area contributed by atoms with Crippen LogP contribution in [0.25, 0.3) is 0 Å². The summed E-state index contributed by atoms with van der Waals surface area (Å²) in [6, 6.07) is 0.495. The van der Waals surface area contributed by atoms with Crippen molar-refractivity contribution in [2.75, 3.05) is 0 Å². The zero-order valence-corrected chi connectivity index (χ0v) is 17.4. The van der Waals surface area contributed by atoms with Crippen molar-refractivity contribution in [3.05, 3.63) is 0 Å². The van der Waals surface area contributed by atoms with Gasteiger partial charge in [0.15, 0.2) is 0 Å². The van der Waals surface area contributed by atoms with Crippen LogP contribution in [0.2, 0.25) is 0 Å². The Kier molecular flexibility index (Phi) is 4.79. The molecule has 0 aromatic heterocycles. The average molecular weight is 346 g/mol. The molecule has 25 heavy (non-hydrogen) atoms. The lowest BCUT2D eigenvalue weighted by molar-refractivity contribution is -0.116. The Morgan fingerprint density at radius 2 is 1.64 bits per heavy atom. The summed E-state index contributed by atoms with van der Waals surface area (Å²) in [4.78, 5) is 0. The summed E-state index contributed by atoms with van der Waals surface area (Å²) in [6.07, 6.45) is 15.9. The molecule has 1 heteroatoms. The van der Waals surface area contributed by atoms with Gasteiger partial charge >= 0.3 is 0 Å². The Hall–Kier alpha value is -0.0400. The number of hydrogen-bond acceptors (Lipinski definition) is 1. The molecule has 144 valence electrons. The minimum atomic E-state index is 0.495. The molecule has 4 aliphatic carbocycles. The van der Waals surface area contributed by atoms with Gasteiger partial charge in [0, 0.05) is 6.04 Å². The minimum Gasteiger partial charge on any atom is -0.328 e. The fourth-order valence-electron chi connectivity index (χ4n) is 8.92. The van der Waals surface area contributed by atoms with Gasteiger partial charge in [-0.25, -0.2) is 0 Å². The van der Waals surface area contributed by atoms with Gasteiger partial charge in [-0.2, -0.15) is 0 Å². The molecular formula is C24H43N. The summed E-state index contributed by atoms with van der Waals surface area (Å²) < 4.78 is 0. The van der Waals surface area contributed by atoms with Crippen LogP contribution >= 0.6 is 0 Å². The summed E-state index contributed by atoms with van der Waals surface area (Å²) in [6.45, 7) is 10.3. The van der Waals surface area contributed by atoms with E-state index in [1.807, 2.05) is 0 Å². The third-order valence-corrected chi connectivity index (χ3v) is 10.2.